The van der Waals surface area contributed by atoms with Gasteiger partial charge in [0.05, 0.1) is 19.8 Å². The molecule has 2 N–H and O–H groups in total. The number of para-hydroxylation sites is 1. The van der Waals surface area contributed by atoms with Gasteiger partial charge < -0.3 is 20.1 Å². The topological polar surface area (TPSA) is 62.8 Å². The monoisotopic (exact) mass is 369 g/mol. The zero-order valence-corrected chi connectivity index (χ0v) is 15.5. The second-order valence-electron chi connectivity index (χ2n) is 6.43. The lowest BCUT2D eigenvalue weighted by molar-refractivity contribution is 0.0341. The van der Waals surface area contributed by atoms with Crippen molar-refractivity contribution in [1.29, 1.82) is 0 Å². The molecule has 0 aliphatic carbocycles. The zero-order valence-electron chi connectivity index (χ0n) is 15.5. The number of carbonyl (C=O) groups is 1. The van der Waals surface area contributed by atoms with E-state index in [1.165, 1.54) is 5.56 Å². The molecule has 0 unspecified atom stereocenters. The average molecular weight is 369 g/mol. The molecule has 0 atom stereocenters. The van der Waals surface area contributed by atoms with Crippen molar-refractivity contribution >= 4 is 6.03 Å². The summed E-state index contributed by atoms with van der Waals surface area (Å²) in [7, 11) is 0. The summed E-state index contributed by atoms with van der Waals surface area (Å²) in [5.74, 6) is 0.803. The summed E-state index contributed by atoms with van der Waals surface area (Å²) in [6, 6.07) is 17.6. The second kappa shape index (κ2) is 10.5. The lowest BCUT2D eigenvalue weighted by Crippen LogP contribution is -2.38. The average Bonchev–Trinajstić information content (AvgIpc) is 2.72. The number of rotatable bonds is 8. The van der Waals surface area contributed by atoms with E-state index >= 15 is 0 Å². The maximum absolute atomic E-state index is 12.0. The first kappa shape index (κ1) is 19.2. The highest BCUT2D eigenvalue weighted by molar-refractivity contribution is 5.73. The van der Waals surface area contributed by atoms with Gasteiger partial charge in [-0.1, -0.05) is 42.5 Å². The quantitative estimate of drug-likeness (QED) is 0.702. The Balaban J connectivity index is 1.39. The van der Waals surface area contributed by atoms with Crippen molar-refractivity contribution in [3.05, 3.63) is 65.7 Å². The number of nitrogens with zero attached hydrogens (tertiary/aromatic N) is 1. The summed E-state index contributed by atoms with van der Waals surface area (Å²) < 4.78 is 11.0. The summed E-state index contributed by atoms with van der Waals surface area (Å²) >= 11 is 0. The van der Waals surface area contributed by atoms with Crippen LogP contribution in [-0.4, -0.2) is 50.4 Å². The number of urea groups is 1. The molecule has 27 heavy (non-hydrogen) atoms. The molecule has 0 spiro atoms. The van der Waals surface area contributed by atoms with E-state index in [2.05, 4.69) is 27.7 Å². The Morgan fingerprint density at radius 2 is 1.67 bits per heavy atom. The van der Waals surface area contributed by atoms with E-state index in [9.17, 15) is 4.79 Å². The van der Waals surface area contributed by atoms with Crippen LogP contribution in [0.15, 0.2) is 54.6 Å². The van der Waals surface area contributed by atoms with Gasteiger partial charge in [0.2, 0.25) is 0 Å². The highest BCUT2D eigenvalue weighted by atomic mass is 16.5. The van der Waals surface area contributed by atoms with Gasteiger partial charge >= 0.3 is 6.03 Å². The number of ether oxygens (including phenoxy) is 2. The highest BCUT2D eigenvalue weighted by Gasteiger charge is 2.13. The number of amides is 2. The van der Waals surface area contributed by atoms with Gasteiger partial charge in [-0.3, -0.25) is 4.90 Å². The normalized spacial score (nSPS) is 14.5. The molecule has 1 heterocycles. The summed E-state index contributed by atoms with van der Waals surface area (Å²) in [4.78, 5) is 14.4. The van der Waals surface area contributed by atoms with Crippen LogP contribution in [0.25, 0.3) is 0 Å². The Morgan fingerprint density at radius 1 is 0.963 bits per heavy atom. The molecule has 2 aromatic rings. The summed E-state index contributed by atoms with van der Waals surface area (Å²) in [5, 5.41) is 5.75. The molecule has 3 rings (SSSR count). The van der Waals surface area contributed by atoms with Gasteiger partial charge in [0, 0.05) is 26.2 Å². The van der Waals surface area contributed by atoms with Crippen LogP contribution in [-0.2, 0) is 17.8 Å². The molecule has 0 saturated carbocycles. The Labute approximate surface area is 160 Å². The van der Waals surface area contributed by atoms with Gasteiger partial charge in [-0.15, -0.1) is 0 Å². The minimum Gasteiger partial charge on any atom is -0.492 e. The molecule has 144 valence electrons. The van der Waals surface area contributed by atoms with Crippen LogP contribution in [0.4, 0.5) is 4.79 Å². The van der Waals surface area contributed by atoms with Crippen LogP contribution < -0.4 is 15.4 Å². The summed E-state index contributed by atoms with van der Waals surface area (Å²) in [6.07, 6.45) is 0. The largest absolute Gasteiger partial charge is 0.492 e. The summed E-state index contributed by atoms with van der Waals surface area (Å²) in [5.41, 5.74) is 2.38. The first-order valence-corrected chi connectivity index (χ1v) is 9.38. The molecule has 2 aromatic carbocycles. The van der Waals surface area contributed by atoms with Crippen molar-refractivity contribution in [2.75, 3.05) is 39.5 Å². The lowest BCUT2D eigenvalue weighted by atomic mass is 10.1. The fraction of sp³-hybridized carbons (Fsp3) is 0.381. The van der Waals surface area contributed by atoms with Gasteiger partial charge in [0.25, 0.3) is 0 Å². The maximum atomic E-state index is 12.0. The third-order valence-corrected chi connectivity index (χ3v) is 4.45. The van der Waals surface area contributed by atoms with Gasteiger partial charge in [-0.25, -0.2) is 4.79 Å². The van der Waals surface area contributed by atoms with Gasteiger partial charge in [-0.2, -0.15) is 0 Å². The molecule has 6 nitrogen and oxygen atoms in total. The molecule has 1 fully saturated rings. The fourth-order valence-electron chi connectivity index (χ4n) is 2.97. The van der Waals surface area contributed by atoms with Crippen molar-refractivity contribution < 1.29 is 14.3 Å². The van der Waals surface area contributed by atoms with E-state index in [0.717, 1.165) is 44.2 Å². The number of hydrogen-bond acceptors (Lipinski definition) is 4. The highest BCUT2D eigenvalue weighted by Crippen LogP contribution is 2.13. The molecule has 0 bridgehead atoms. The van der Waals surface area contributed by atoms with Crippen molar-refractivity contribution in [3.63, 3.8) is 0 Å². The van der Waals surface area contributed by atoms with Crippen LogP contribution in [0.3, 0.4) is 0 Å². The molecule has 0 radical (unpaired) electrons. The SMILES string of the molecule is O=C(NCCOc1ccccc1)NCc1ccccc1CN1CCOCC1. The molecule has 6 heteroatoms. The van der Waals surface area contributed by atoms with Crippen LogP contribution in [0.5, 0.6) is 5.75 Å². The molecule has 0 aromatic heterocycles. The Bertz CT molecular complexity index is 703. The molecule has 1 aliphatic heterocycles. The Hall–Kier alpha value is -2.57. The van der Waals surface area contributed by atoms with E-state index in [-0.39, 0.29) is 6.03 Å². The van der Waals surface area contributed by atoms with Crippen LogP contribution in [0, 0.1) is 0 Å². The molecule has 2 amide bonds. The number of hydrogen-bond donors (Lipinski definition) is 2. The van der Waals surface area contributed by atoms with E-state index in [1.807, 2.05) is 42.5 Å². The Morgan fingerprint density at radius 3 is 2.44 bits per heavy atom. The minimum absolute atomic E-state index is 0.187. The van der Waals surface area contributed by atoms with Gasteiger partial charge in [0.15, 0.2) is 0 Å². The van der Waals surface area contributed by atoms with E-state index in [0.29, 0.717) is 19.7 Å². The first-order valence-electron chi connectivity index (χ1n) is 9.38. The standard InChI is InChI=1S/C21H27N3O3/c25-21(22-10-13-27-20-8-2-1-3-9-20)23-16-18-6-4-5-7-19(18)17-24-11-14-26-15-12-24/h1-9H,10-17H2,(H2,22,23,25). The Kier molecular flexibility index (Phi) is 7.50. The zero-order chi connectivity index (χ0) is 18.7. The smallest absolute Gasteiger partial charge is 0.315 e. The van der Waals surface area contributed by atoms with E-state index in [4.69, 9.17) is 9.47 Å². The number of benzene rings is 2. The van der Waals surface area contributed by atoms with Crippen molar-refractivity contribution in [2.45, 2.75) is 13.1 Å². The van der Waals surface area contributed by atoms with Gasteiger partial charge in [0.1, 0.15) is 12.4 Å². The summed E-state index contributed by atoms with van der Waals surface area (Å²) in [6.45, 7) is 5.75. The van der Waals surface area contributed by atoms with Gasteiger partial charge in [-0.05, 0) is 23.3 Å². The maximum Gasteiger partial charge on any atom is 0.315 e. The first-order chi connectivity index (χ1) is 13.3. The number of carbonyl (C=O) groups excluding carboxylic acids is 1. The van der Waals surface area contributed by atoms with Crippen LogP contribution >= 0.6 is 0 Å². The minimum atomic E-state index is -0.187. The lowest BCUT2D eigenvalue weighted by Gasteiger charge is -2.27. The predicted octanol–water partition coefficient (Wildman–Crippen LogP) is 2.40. The van der Waals surface area contributed by atoms with Crippen molar-refractivity contribution in [3.8, 4) is 5.75 Å². The van der Waals surface area contributed by atoms with E-state index < -0.39 is 0 Å². The second-order valence-corrected chi connectivity index (χ2v) is 6.43. The van der Waals surface area contributed by atoms with E-state index in [1.54, 1.807) is 0 Å². The molecule has 1 aliphatic rings. The fourth-order valence-corrected chi connectivity index (χ4v) is 2.97. The third kappa shape index (κ3) is 6.58. The molecule has 1 saturated heterocycles. The van der Waals surface area contributed by atoms with Crippen LogP contribution in [0.1, 0.15) is 11.1 Å². The van der Waals surface area contributed by atoms with Crippen molar-refractivity contribution in [1.82, 2.24) is 15.5 Å². The number of morpholine rings is 1. The third-order valence-electron chi connectivity index (χ3n) is 4.45. The number of nitrogens with one attached hydrogen (secondary N) is 2. The van der Waals surface area contributed by atoms with Crippen LogP contribution in [0.2, 0.25) is 0 Å². The molecular formula is C21H27N3O3. The predicted molar refractivity (Wildman–Crippen MR) is 105 cm³/mol. The molecular weight excluding hydrogens is 342 g/mol. The van der Waals surface area contributed by atoms with Crippen molar-refractivity contribution in [2.24, 2.45) is 0 Å².